The minimum absolute atomic E-state index is 0.0157. The third-order valence-corrected chi connectivity index (χ3v) is 6.16. The summed E-state index contributed by atoms with van der Waals surface area (Å²) in [6, 6.07) is 10.4. The molecule has 31 heavy (non-hydrogen) atoms. The molecule has 0 spiro atoms. The molecule has 1 N–H and O–H groups in total. The minimum atomic E-state index is -0.421. The molecule has 2 heterocycles. The van der Waals surface area contributed by atoms with Crippen molar-refractivity contribution in [3.8, 4) is 22.6 Å². The van der Waals surface area contributed by atoms with Gasteiger partial charge in [0.05, 0.1) is 19.8 Å². The molecule has 2 aromatic rings. The summed E-state index contributed by atoms with van der Waals surface area (Å²) in [7, 11) is 1.44. The highest BCUT2D eigenvalue weighted by molar-refractivity contribution is 5.80. The Kier molecular flexibility index (Phi) is 6.11. The van der Waals surface area contributed by atoms with E-state index in [0.29, 0.717) is 39.0 Å². The van der Waals surface area contributed by atoms with E-state index in [-0.39, 0.29) is 29.5 Å². The first-order valence-electron chi connectivity index (χ1n) is 10.6. The number of rotatable bonds is 4. The SMILES string of the molecule is COc1ccc(-c2ccc3c(c2)C(NC(=O)C2CCN(C(C)=O)CC2)CCO3)cc1F. The van der Waals surface area contributed by atoms with Crippen molar-refractivity contribution >= 4 is 11.8 Å². The van der Waals surface area contributed by atoms with Crippen molar-refractivity contribution in [2.75, 3.05) is 26.8 Å². The molecule has 0 bridgehead atoms. The van der Waals surface area contributed by atoms with Crippen LogP contribution in [0.3, 0.4) is 0 Å². The lowest BCUT2D eigenvalue weighted by atomic mass is 9.92. The summed E-state index contributed by atoms with van der Waals surface area (Å²) in [4.78, 5) is 26.2. The van der Waals surface area contributed by atoms with E-state index in [1.54, 1.807) is 17.9 Å². The van der Waals surface area contributed by atoms with Gasteiger partial charge in [0.2, 0.25) is 11.8 Å². The van der Waals surface area contributed by atoms with Crippen LogP contribution < -0.4 is 14.8 Å². The van der Waals surface area contributed by atoms with Gasteiger partial charge in [0.15, 0.2) is 11.6 Å². The molecule has 2 amide bonds. The van der Waals surface area contributed by atoms with Crippen molar-refractivity contribution in [1.82, 2.24) is 10.2 Å². The maximum Gasteiger partial charge on any atom is 0.223 e. The van der Waals surface area contributed by atoms with Crippen LogP contribution in [-0.2, 0) is 9.59 Å². The topological polar surface area (TPSA) is 67.9 Å². The zero-order valence-electron chi connectivity index (χ0n) is 17.8. The molecule has 2 aliphatic heterocycles. The quantitative estimate of drug-likeness (QED) is 0.810. The molecule has 0 aliphatic carbocycles. The van der Waals surface area contributed by atoms with Gasteiger partial charge in [-0.3, -0.25) is 9.59 Å². The number of halogens is 1. The third-order valence-electron chi connectivity index (χ3n) is 6.16. The van der Waals surface area contributed by atoms with Crippen LogP contribution in [0.25, 0.3) is 11.1 Å². The van der Waals surface area contributed by atoms with E-state index in [1.807, 2.05) is 24.3 Å². The van der Waals surface area contributed by atoms with E-state index >= 15 is 0 Å². The van der Waals surface area contributed by atoms with Crippen molar-refractivity contribution in [3.63, 3.8) is 0 Å². The molecular weight excluding hydrogens is 399 g/mol. The lowest BCUT2D eigenvalue weighted by Gasteiger charge is -2.33. The van der Waals surface area contributed by atoms with E-state index in [4.69, 9.17) is 9.47 Å². The molecular formula is C24H27FN2O4. The van der Waals surface area contributed by atoms with Crippen LogP contribution in [0.15, 0.2) is 36.4 Å². The van der Waals surface area contributed by atoms with Crippen molar-refractivity contribution < 1.29 is 23.5 Å². The summed E-state index contributed by atoms with van der Waals surface area (Å²) in [6.45, 7) is 3.32. The first-order valence-corrected chi connectivity index (χ1v) is 10.6. The molecule has 0 saturated carbocycles. The summed E-state index contributed by atoms with van der Waals surface area (Å²) in [5, 5.41) is 3.18. The second kappa shape index (κ2) is 8.96. The van der Waals surface area contributed by atoms with E-state index < -0.39 is 5.82 Å². The number of hydrogen-bond acceptors (Lipinski definition) is 4. The molecule has 2 aromatic carbocycles. The van der Waals surface area contributed by atoms with E-state index in [2.05, 4.69) is 5.32 Å². The summed E-state index contributed by atoms with van der Waals surface area (Å²) in [5.74, 6) is 0.491. The highest BCUT2D eigenvalue weighted by Crippen LogP contribution is 2.36. The van der Waals surface area contributed by atoms with Crippen LogP contribution in [0.4, 0.5) is 4.39 Å². The van der Waals surface area contributed by atoms with Crippen molar-refractivity contribution in [1.29, 1.82) is 0 Å². The van der Waals surface area contributed by atoms with Gasteiger partial charge in [0.25, 0.3) is 0 Å². The number of amides is 2. The smallest absolute Gasteiger partial charge is 0.223 e. The van der Waals surface area contributed by atoms with E-state index in [0.717, 1.165) is 22.4 Å². The fraction of sp³-hybridized carbons (Fsp3) is 0.417. The van der Waals surface area contributed by atoms with Gasteiger partial charge in [0, 0.05) is 37.9 Å². The molecule has 2 aliphatic rings. The predicted molar refractivity (Wildman–Crippen MR) is 114 cm³/mol. The number of carbonyl (C=O) groups excluding carboxylic acids is 2. The number of likely N-dealkylation sites (tertiary alicyclic amines) is 1. The summed E-state index contributed by atoms with van der Waals surface area (Å²) >= 11 is 0. The van der Waals surface area contributed by atoms with E-state index in [1.165, 1.54) is 13.2 Å². The number of benzene rings is 2. The zero-order valence-corrected chi connectivity index (χ0v) is 17.8. The standard InChI is InChI=1S/C24H27FN2O4/c1-15(28)27-10-7-16(8-11-27)24(29)26-21-9-12-31-22-5-3-17(13-19(21)22)18-4-6-23(30-2)20(25)14-18/h3-6,13-14,16,21H,7-12H2,1-2H3,(H,26,29). The molecule has 1 unspecified atom stereocenters. The Morgan fingerprint density at radius 2 is 1.81 bits per heavy atom. The van der Waals surface area contributed by atoms with Crippen LogP contribution in [0, 0.1) is 11.7 Å². The van der Waals surface area contributed by atoms with Crippen LogP contribution in [-0.4, -0.2) is 43.5 Å². The van der Waals surface area contributed by atoms with Gasteiger partial charge in [-0.25, -0.2) is 4.39 Å². The molecule has 6 nitrogen and oxygen atoms in total. The lowest BCUT2D eigenvalue weighted by molar-refractivity contribution is -0.134. The van der Waals surface area contributed by atoms with Crippen molar-refractivity contribution in [3.05, 3.63) is 47.8 Å². The summed E-state index contributed by atoms with van der Waals surface area (Å²) in [5.41, 5.74) is 2.47. The monoisotopic (exact) mass is 426 g/mol. The highest BCUT2D eigenvalue weighted by Gasteiger charge is 2.30. The van der Waals surface area contributed by atoms with Crippen LogP contribution in [0.5, 0.6) is 11.5 Å². The number of hydrogen-bond donors (Lipinski definition) is 1. The Morgan fingerprint density at radius 1 is 1.10 bits per heavy atom. The van der Waals surface area contributed by atoms with Crippen LogP contribution >= 0.6 is 0 Å². The number of fused-ring (bicyclic) bond motifs is 1. The maximum absolute atomic E-state index is 14.2. The van der Waals surface area contributed by atoms with Gasteiger partial charge >= 0.3 is 0 Å². The predicted octanol–water partition coefficient (Wildman–Crippen LogP) is 3.70. The van der Waals surface area contributed by atoms with Gasteiger partial charge in [0.1, 0.15) is 5.75 Å². The Labute approximate surface area is 181 Å². The summed E-state index contributed by atoms with van der Waals surface area (Å²) < 4.78 is 25.0. The second-order valence-electron chi connectivity index (χ2n) is 8.08. The molecule has 4 rings (SSSR count). The van der Waals surface area contributed by atoms with Crippen LogP contribution in [0.1, 0.15) is 37.8 Å². The first-order chi connectivity index (χ1) is 15.0. The normalized spacial score (nSPS) is 18.7. The van der Waals surface area contributed by atoms with Gasteiger partial charge in [-0.1, -0.05) is 12.1 Å². The number of piperidine rings is 1. The Bertz CT molecular complexity index is 986. The molecule has 0 radical (unpaired) electrons. The Morgan fingerprint density at radius 3 is 2.48 bits per heavy atom. The third kappa shape index (κ3) is 4.50. The van der Waals surface area contributed by atoms with Gasteiger partial charge < -0.3 is 19.7 Å². The average molecular weight is 426 g/mol. The van der Waals surface area contributed by atoms with Gasteiger partial charge in [-0.2, -0.15) is 0 Å². The molecule has 7 heteroatoms. The van der Waals surface area contributed by atoms with E-state index in [9.17, 15) is 14.0 Å². The number of carbonyl (C=O) groups is 2. The lowest BCUT2D eigenvalue weighted by Crippen LogP contribution is -2.43. The molecule has 1 saturated heterocycles. The fourth-order valence-corrected chi connectivity index (χ4v) is 4.32. The average Bonchev–Trinajstić information content (AvgIpc) is 2.79. The van der Waals surface area contributed by atoms with Gasteiger partial charge in [-0.15, -0.1) is 0 Å². The number of methoxy groups -OCH3 is 1. The zero-order chi connectivity index (χ0) is 22.0. The maximum atomic E-state index is 14.2. The summed E-state index contributed by atoms with van der Waals surface area (Å²) in [6.07, 6.45) is 2.02. The Balaban J connectivity index is 1.51. The van der Waals surface area contributed by atoms with Crippen molar-refractivity contribution in [2.24, 2.45) is 5.92 Å². The number of nitrogens with one attached hydrogen (secondary N) is 1. The minimum Gasteiger partial charge on any atom is -0.494 e. The largest absolute Gasteiger partial charge is 0.494 e. The molecule has 1 atom stereocenters. The second-order valence-corrected chi connectivity index (χ2v) is 8.08. The first kappa shape index (κ1) is 21.2. The molecule has 1 fully saturated rings. The number of ether oxygens (including phenoxy) is 2. The Hall–Kier alpha value is -3.09. The molecule has 0 aromatic heterocycles. The number of nitrogens with zero attached hydrogens (tertiary/aromatic N) is 1. The molecule has 164 valence electrons. The van der Waals surface area contributed by atoms with Crippen molar-refractivity contribution in [2.45, 2.75) is 32.2 Å². The highest BCUT2D eigenvalue weighted by atomic mass is 19.1. The fourth-order valence-electron chi connectivity index (χ4n) is 4.32. The van der Waals surface area contributed by atoms with Gasteiger partial charge in [-0.05, 0) is 48.2 Å². The van der Waals surface area contributed by atoms with Crippen LogP contribution in [0.2, 0.25) is 0 Å².